The van der Waals surface area contributed by atoms with E-state index in [-0.39, 0.29) is 76.3 Å². The second-order valence-corrected chi connectivity index (χ2v) is 18.6. The molecule has 2 aromatic heterocycles. The van der Waals surface area contributed by atoms with E-state index < -0.39 is 86.6 Å². The van der Waals surface area contributed by atoms with Crippen LogP contribution in [0.3, 0.4) is 0 Å². The zero-order valence-corrected chi connectivity index (χ0v) is 42.5. The number of hydrogen-bond acceptors (Lipinski definition) is 14. The van der Waals surface area contributed by atoms with Crippen LogP contribution >= 0.6 is 0 Å². The molecule has 79 heavy (non-hydrogen) atoms. The Labute approximate surface area is 450 Å². The SMILES string of the molecule is N#C[C@@H]1CC(F)(F)CN1C(=O)CNC(=O)c1ccnc2ccc(-c3ccc(OCCOCCN(CCOCCOc4ccc(-c5ccc6nccc(C(=O)NCC(=O)N7CC(F)(F)C[C@H]7C#N)c6c5)cc4)C(=O)CN)cc3)cc12. The van der Waals surface area contributed by atoms with Crippen LogP contribution < -0.4 is 25.8 Å². The first-order valence-corrected chi connectivity index (χ1v) is 25.1. The van der Waals surface area contributed by atoms with Gasteiger partial charge in [0.05, 0.1) is 93.5 Å². The number of nitrogens with two attached hydrogens (primary N) is 1. The molecule has 4 heterocycles. The van der Waals surface area contributed by atoms with Crippen LogP contribution in [0.25, 0.3) is 44.1 Å². The normalized spacial score (nSPS) is 16.2. The van der Waals surface area contributed by atoms with E-state index in [4.69, 9.17) is 24.7 Å². The topological polar surface area (TPSA) is 255 Å². The zero-order valence-electron chi connectivity index (χ0n) is 42.5. The van der Waals surface area contributed by atoms with E-state index in [0.717, 1.165) is 32.1 Å². The highest BCUT2D eigenvalue weighted by Gasteiger charge is 2.48. The predicted molar refractivity (Wildman–Crippen MR) is 279 cm³/mol. The fraction of sp³-hybridized carbons (Fsp3) is 0.339. The minimum atomic E-state index is -3.17. The number of pyridine rings is 2. The number of halogens is 4. The quantitative estimate of drug-likeness (QED) is 0.0539. The number of carbonyl (C=O) groups excluding carboxylic acids is 5. The summed E-state index contributed by atoms with van der Waals surface area (Å²) in [5, 5.41) is 24.5. The summed E-state index contributed by atoms with van der Waals surface area (Å²) in [5.41, 5.74) is 10.3. The predicted octanol–water partition coefficient (Wildman–Crippen LogP) is 5.37. The lowest BCUT2D eigenvalue weighted by molar-refractivity contribution is -0.132. The van der Waals surface area contributed by atoms with E-state index in [1.54, 1.807) is 65.6 Å². The van der Waals surface area contributed by atoms with Gasteiger partial charge in [-0.3, -0.25) is 33.9 Å². The van der Waals surface area contributed by atoms with Gasteiger partial charge in [-0.2, -0.15) is 10.5 Å². The molecule has 4 N–H and O–H groups in total. The lowest BCUT2D eigenvalue weighted by Gasteiger charge is -2.22. The van der Waals surface area contributed by atoms with Crippen molar-refractivity contribution in [2.75, 3.05) is 85.5 Å². The molecule has 2 saturated heterocycles. The van der Waals surface area contributed by atoms with Gasteiger partial charge in [0.25, 0.3) is 23.7 Å². The van der Waals surface area contributed by atoms with Crippen LogP contribution in [-0.4, -0.2) is 164 Å². The number of rotatable bonds is 23. The smallest absolute Gasteiger partial charge is 0.268 e. The van der Waals surface area contributed by atoms with Gasteiger partial charge in [-0.05, 0) is 82.9 Å². The molecule has 5 amide bonds. The van der Waals surface area contributed by atoms with Crippen molar-refractivity contribution in [1.82, 2.24) is 35.3 Å². The number of aromatic nitrogens is 2. The molecule has 2 fully saturated rings. The van der Waals surface area contributed by atoms with Gasteiger partial charge in [0.2, 0.25) is 17.7 Å². The molecule has 2 aliphatic heterocycles. The van der Waals surface area contributed by atoms with E-state index in [2.05, 4.69) is 20.6 Å². The Kier molecular flexibility index (Phi) is 18.3. The summed E-state index contributed by atoms with van der Waals surface area (Å²) in [6, 6.07) is 29.2. The van der Waals surface area contributed by atoms with Crippen LogP contribution in [0.5, 0.6) is 11.5 Å². The molecule has 0 bridgehead atoms. The molecule has 0 radical (unpaired) electrons. The van der Waals surface area contributed by atoms with Crippen molar-refractivity contribution in [3.05, 3.63) is 121 Å². The van der Waals surface area contributed by atoms with Crippen molar-refractivity contribution in [1.29, 1.82) is 10.5 Å². The highest BCUT2D eigenvalue weighted by atomic mass is 19.3. The average Bonchev–Trinajstić information content (AvgIpc) is 3.99. The lowest BCUT2D eigenvalue weighted by Crippen LogP contribution is -2.43. The van der Waals surface area contributed by atoms with Gasteiger partial charge in [0, 0.05) is 49.1 Å². The van der Waals surface area contributed by atoms with Crippen molar-refractivity contribution < 1.29 is 60.5 Å². The Morgan fingerprint density at radius 3 is 1.39 bits per heavy atom. The van der Waals surface area contributed by atoms with E-state index in [1.807, 2.05) is 36.4 Å². The molecule has 0 aliphatic carbocycles. The molecule has 8 rings (SSSR count). The number of fused-ring (bicyclic) bond motifs is 2. The molecule has 0 saturated carbocycles. The zero-order chi connectivity index (χ0) is 56.1. The Morgan fingerprint density at radius 1 is 0.595 bits per heavy atom. The van der Waals surface area contributed by atoms with Crippen LogP contribution in [0.4, 0.5) is 17.6 Å². The van der Waals surface area contributed by atoms with Crippen LogP contribution in [0.2, 0.25) is 0 Å². The third-order valence-electron chi connectivity index (χ3n) is 13.2. The number of nitrogens with one attached hydrogen (secondary N) is 2. The molecule has 19 nitrogen and oxygen atoms in total. The fourth-order valence-electron chi connectivity index (χ4n) is 9.11. The summed E-state index contributed by atoms with van der Waals surface area (Å²) in [7, 11) is 0. The Morgan fingerprint density at radius 2 is 1.00 bits per heavy atom. The third-order valence-corrected chi connectivity index (χ3v) is 13.2. The van der Waals surface area contributed by atoms with E-state index in [1.165, 1.54) is 24.5 Å². The van der Waals surface area contributed by atoms with Crippen LogP contribution in [0, 0.1) is 22.7 Å². The minimum absolute atomic E-state index is 0.183. The molecule has 0 spiro atoms. The van der Waals surface area contributed by atoms with Gasteiger partial charge in [0.1, 0.15) is 36.8 Å². The molecular formula is C56H54F4N10O9. The van der Waals surface area contributed by atoms with Crippen LogP contribution in [0.15, 0.2) is 109 Å². The Hall–Kier alpha value is -8.77. The number of nitriles is 2. The van der Waals surface area contributed by atoms with Gasteiger partial charge in [-0.25, -0.2) is 17.6 Å². The van der Waals surface area contributed by atoms with Gasteiger partial charge >= 0.3 is 0 Å². The summed E-state index contributed by atoms with van der Waals surface area (Å²) in [6.45, 7) is -1.11. The third kappa shape index (κ3) is 14.4. The number of ether oxygens (including phenoxy) is 4. The lowest BCUT2D eigenvalue weighted by atomic mass is 10.0. The summed E-state index contributed by atoms with van der Waals surface area (Å²) < 4.78 is 78.7. The Bertz CT molecular complexity index is 3080. The molecule has 2 atom stereocenters. The molecule has 410 valence electrons. The standard InChI is InChI=1S/C56H54F4N10O9/c57-55(58)27-40(29-61)69(34-55)51(72)32-66-53(74)44-13-15-64-48-11-5-38(25-46(44)48)36-1-7-42(8-2-36)78-23-21-76-19-17-68(50(71)31-63)18-20-77-22-24-79-43-9-3-37(4-10-43)39-6-12-49-47(26-39)45(14-16-65-49)54(75)67-33-52(73)70-35-56(59,60)28-41(70)30-62/h1-16,25-26,40-41H,17-24,27-28,31-35,63H2,(H,66,74)(H,67,75)/t40-,41-/m0/s1. The first kappa shape index (κ1) is 56.4. The number of nitrogens with zero attached hydrogens (tertiary/aromatic N) is 7. The maximum absolute atomic E-state index is 13.9. The molecule has 6 aromatic rings. The van der Waals surface area contributed by atoms with Crippen molar-refractivity contribution in [3.8, 4) is 45.9 Å². The summed E-state index contributed by atoms with van der Waals surface area (Å²) in [4.78, 5) is 76.2. The van der Waals surface area contributed by atoms with E-state index in [0.29, 0.717) is 33.3 Å². The van der Waals surface area contributed by atoms with Crippen molar-refractivity contribution in [2.24, 2.45) is 5.73 Å². The highest BCUT2D eigenvalue weighted by Crippen LogP contribution is 2.34. The molecule has 2 aliphatic rings. The molecule has 0 unspecified atom stereocenters. The molecule has 23 heteroatoms. The highest BCUT2D eigenvalue weighted by molar-refractivity contribution is 6.09. The first-order valence-electron chi connectivity index (χ1n) is 25.1. The molecule has 4 aromatic carbocycles. The number of amides is 5. The number of carbonyl (C=O) groups is 5. The van der Waals surface area contributed by atoms with Crippen molar-refractivity contribution in [3.63, 3.8) is 0 Å². The number of benzene rings is 4. The fourth-order valence-corrected chi connectivity index (χ4v) is 9.11. The van der Waals surface area contributed by atoms with E-state index in [9.17, 15) is 52.1 Å². The van der Waals surface area contributed by atoms with Crippen molar-refractivity contribution >= 4 is 51.3 Å². The Balaban J connectivity index is 0.726. The van der Waals surface area contributed by atoms with Gasteiger partial charge < -0.3 is 50.0 Å². The largest absolute Gasteiger partial charge is 0.491 e. The maximum atomic E-state index is 13.9. The minimum Gasteiger partial charge on any atom is -0.491 e. The second kappa shape index (κ2) is 25.6. The molecular weight excluding hydrogens is 1030 g/mol. The van der Waals surface area contributed by atoms with Gasteiger partial charge in [-0.15, -0.1) is 0 Å². The van der Waals surface area contributed by atoms with Gasteiger partial charge in [0.15, 0.2) is 0 Å². The number of hydrogen-bond donors (Lipinski definition) is 3. The average molecular weight is 1090 g/mol. The summed E-state index contributed by atoms with van der Waals surface area (Å²) in [5.74, 6) is -8.22. The second-order valence-electron chi connectivity index (χ2n) is 18.6. The summed E-state index contributed by atoms with van der Waals surface area (Å²) >= 11 is 0. The number of alkyl halides is 4. The van der Waals surface area contributed by atoms with Gasteiger partial charge in [-0.1, -0.05) is 36.4 Å². The monoisotopic (exact) mass is 1090 g/mol. The van der Waals surface area contributed by atoms with Crippen LogP contribution in [-0.2, 0) is 23.9 Å². The maximum Gasteiger partial charge on any atom is 0.268 e. The van der Waals surface area contributed by atoms with Crippen LogP contribution in [0.1, 0.15) is 33.6 Å². The van der Waals surface area contributed by atoms with E-state index >= 15 is 0 Å². The summed E-state index contributed by atoms with van der Waals surface area (Å²) in [6.07, 6.45) is 1.41. The van der Waals surface area contributed by atoms with Crippen molar-refractivity contribution in [2.45, 2.75) is 36.8 Å². The first-order chi connectivity index (χ1) is 38.0. The number of likely N-dealkylation sites (tertiary alicyclic amines) is 2.